The number of hydrogen-bond acceptors (Lipinski definition) is 2. The van der Waals surface area contributed by atoms with Crippen LogP contribution in [0.1, 0.15) is 5.56 Å². The highest BCUT2D eigenvalue weighted by molar-refractivity contribution is 6.33. The summed E-state index contributed by atoms with van der Waals surface area (Å²) in [7, 11) is 0. The van der Waals surface area contributed by atoms with E-state index < -0.39 is 11.6 Å². The van der Waals surface area contributed by atoms with E-state index in [9.17, 15) is 8.78 Å². The van der Waals surface area contributed by atoms with E-state index in [0.29, 0.717) is 13.2 Å². The maximum atomic E-state index is 13.6. The number of halogens is 3. The summed E-state index contributed by atoms with van der Waals surface area (Å²) in [5.74, 6) is -0.692. The molecule has 0 radical (unpaired) electrons. The Morgan fingerprint density at radius 1 is 1.19 bits per heavy atom. The molecule has 21 heavy (non-hydrogen) atoms. The lowest BCUT2D eigenvalue weighted by Gasteiger charge is -2.10. The molecule has 5 heteroatoms. The van der Waals surface area contributed by atoms with Crippen LogP contribution in [0.3, 0.4) is 0 Å². The molecule has 2 rings (SSSR count). The maximum Gasteiger partial charge on any atom is 0.150 e. The van der Waals surface area contributed by atoms with Gasteiger partial charge in [0.2, 0.25) is 0 Å². The van der Waals surface area contributed by atoms with Crippen LogP contribution < -0.4 is 10.1 Å². The summed E-state index contributed by atoms with van der Waals surface area (Å²) in [4.78, 5) is 0. The molecule has 2 aromatic carbocycles. The molecule has 0 aliphatic heterocycles. The minimum absolute atomic E-state index is 0.0124. The van der Waals surface area contributed by atoms with Gasteiger partial charge in [0.05, 0.1) is 10.7 Å². The third-order valence-electron chi connectivity index (χ3n) is 2.77. The molecule has 1 N–H and O–H groups in total. The molecule has 0 spiro atoms. The lowest BCUT2D eigenvalue weighted by molar-refractivity contribution is 0.363. The van der Waals surface area contributed by atoms with Gasteiger partial charge in [-0.25, -0.2) is 8.78 Å². The summed E-state index contributed by atoms with van der Waals surface area (Å²) in [6.07, 6.45) is 1.66. The van der Waals surface area contributed by atoms with E-state index in [4.69, 9.17) is 16.3 Å². The summed E-state index contributed by atoms with van der Waals surface area (Å²) in [6.45, 7) is 4.37. The molecular formula is C16H14ClF2NO. The number of rotatable bonds is 6. The van der Waals surface area contributed by atoms with Gasteiger partial charge in [0.15, 0.2) is 5.82 Å². The molecule has 0 aromatic heterocycles. The summed E-state index contributed by atoms with van der Waals surface area (Å²) in [5.41, 5.74) is 1.01. The van der Waals surface area contributed by atoms with Crippen LogP contribution in [0.5, 0.6) is 5.75 Å². The second-order valence-corrected chi connectivity index (χ2v) is 4.75. The van der Waals surface area contributed by atoms with Gasteiger partial charge >= 0.3 is 0 Å². The normalized spacial score (nSPS) is 10.2. The fourth-order valence-electron chi connectivity index (χ4n) is 1.76. The van der Waals surface area contributed by atoms with Gasteiger partial charge in [0.25, 0.3) is 0 Å². The Hall–Kier alpha value is -2.07. The van der Waals surface area contributed by atoms with Crippen LogP contribution in [0.2, 0.25) is 5.02 Å². The first kappa shape index (κ1) is 15.3. The van der Waals surface area contributed by atoms with Crippen molar-refractivity contribution >= 4 is 17.3 Å². The Morgan fingerprint density at radius 2 is 1.90 bits per heavy atom. The number of benzene rings is 2. The van der Waals surface area contributed by atoms with Gasteiger partial charge in [-0.1, -0.05) is 36.4 Å². The first-order valence-corrected chi connectivity index (χ1v) is 6.69. The molecule has 0 atom stereocenters. The Bertz CT molecular complexity index is 606. The van der Waals surface area contributed by atoms with E-state index in [1.807, 2.05) is 24.3 Å². The van der Waals surface area contributed by atoms with Gasteiger partial charge in [0.1, 0.15) is 18.2 Å². The monoisotopic (exact) mass is 309 g/mol. The van der Waals surface area contributed by atoms with E-state index in [1.54, 1.807) is 6.08 Å². The summed E-state index contributed by atoms with van der Waals surface area (Å²) in [5, 5.41) is 2.87. The molecule has 0 aliphatic rings. The Morgan fingerprint density at radius 3 is 2.52 bits per heavy atom. The molecular weight excluding hydrogens is 296 g/mol. The van der Waals surface area contributed by atoms with Crippen LogP contribution in [0, 0.1) is 11.6 Å². The zero-order valence-electron chi connectivity index (χ0n) is 11.2. The second kappa shape index (κ2) is 7.09. The molecule has 0 saturated heterocycles. The summed E-state index contributed by atoms with van der Waals surface area (Å²) in [6, 6.07) is 9.17. The standard InChI is InChI=1S/C16H14ClF2NO/c1-2-7-21-13-5-3-11(4-6-13)10-20-16-14(17)8-12(18)9-15(16)19/h2-6,8-9,20H,1,7,10H2. The van der Waals surface area contributed by atoms with Crippen molar-refractivity contribution in [3.8, 4) is 5.75 Å². The van der Waals surface area contributed by atoms with Gasteiger partial charge in [-0.05, 0) is 23.8 Å². The third kappa shape index (κ3) is 4.20. The lowest BCUT2D eigenvalue weighted by atomic mass is 10.2. The van der Waals surface area contributed by atoms with Crippen LogP contribution in [-0.2, 0) is 6.54 Å². The van der Waals surface area contributed by atoms with Crippen molar-refractivity contribution in [2.45, 2.75) is 6.54 Å². The Labute approximate surface area is 127 Å². The fourth-order valence-corrected chi connectivity index (χ4v) is 2.02. The van der Waals surface area contributed by atoms with E-state index in [-0.39, 0.29) is 10.7 Å². The molecule has 0 bridgehead atoms. The van der Waals surface area contributed by atoms with Crippen molar-refractivity contribution < 1.29 is 13.5 Å². The Balaban J connectivity index is 2.01. The van der Waals surface area contributed by atoms with Crippen LogP contribution in [-0.4, -0.2) is 6.61 Å². The number of anilines is 1. The minimum atomic E-state index is -0.717. The molecule has 0 fully saturated rings. The first-order chi connectivity index (χ1) is 10.1. The highest BCUT2D eigenvalue weighted by Gasteiger charge is 2.09. The van der Waals surface area contributed by atoms with Crippen molar-refractivity contribution in [1.82, 2.24) is 0 Å². The number of hydrogen-bond donors (Lipinski definition) is 1. The smallest absolute Gasteiger partial charge is 0.150 e. The van der Waals surface area contributed by atoms with Crippen molar-refractivity contribution in [1.29, 1.82) is 0 Å². The molecule has 0 aliphatic carbocycles. The lowest BCUT2D eigenvalue weighted by Crippen LogP contribution is -2.03. The van der Waals surface area contributed by atoms with Crippen LogP contribution in [0.25, 0.3) is 0 Å². The Kier molecular flexibility index (Phi) is 5.17. The molecule has 0 heterocycles. The third-order valence-corrected chi connectivity index (χ3v) is 3.07. The molecule has 110 valence electrons. The van der Waals surface area contributed by atoms with Crippen molar-refractivity contribution in [3.05, 3.63) is 71.3 Å². The van der Waals surface area contributed by atoms with Crippen molar-refractivity contribution in [3.63, 3.8) is 0 Å². The summed E-state index contributed by atoms with van der Waals surface area (Å²) < 4.78 is 31.9. The van der Waals surface area contributed by atoms with E-state index in [1.165, 1.54) is 0 Å². The minimum Gasteiger partial charge on any atom is -0.490 e. The second-order valence-electron chi connectivity index (χ2n) is 4.34. The van der Waals surface area contributed by atoms with E-state index in [2.05, 4.69) is 11.9 Å². The highest BCUT2D eigenvalue weighted by Crippen LogP contribution is 2.27. The average Bonchev–Trinajstić information content (AvgIpc) is 2.45. The van der Waals surface area contributed by atoms with Gasteiger partial charge in [0, 0.05) is 12.6 Å². The van der Waals surface area contributed by atoms with Gasteiger partial charge < -0.3 is 10.1 Å². The SMILES string of the molecule is C=CCOc1ccc(CNc2c(F)cc(F)cc2Cl)cc1. The predicted molar refractivity (Wildman–Crippen MR) is 80.8 cm³/mol. The van der Waals surface area contributed by atoms with E-state index in [0.717, 1.165) is 23.4 Å². The predicted octanol–water partition coefficient (Wildman–Crippen LogP) is 4.80. The number of ether oxygens (including phenoxy) is 1. The van der Waals surface area contributed by atoms with Crippen LogP contribution in [0.4, 0.5) is 14.5 Å². The van der Waals surface area contributed by atoms with Gasteiger partial charge in [-0.15, -0.1) is 0 Å². The van der Waals surface area contributed by atoms with Gasteiger partial charge in [-0.2, -0.15) is 0 Å². The summed E-state index contributed by atoms with van der Waals surface area (Å²) >= 11 is 5.81. The molecule has 2 aromatic rings. The number of nitrogens with one attached hydrogen (secondary N) is 1. The molecule has 0 saturated carbocycles. The molecule has 0 unspecified atom stereocenters. The van der Waals surface area contributed by atoms with Crippen molar-refractivity contribution in [2.24, 2.45) is 0 Å². The van der Waals surface area contributed by atoms with Crippen LogP contribution in [0.15, 0.2) is 49.1 Å². The maximum absolute atomic E-state index is 13.6. The molecule has 0 amide bonds. The largest absolute Gasteiger partial charge is 0.490 e. The fraction of sp³-hybridized carbons (Fsp3) is 0.125. The quantitative estimate of drug-likeness (QED) is 0.774. The van der Waals surface area contributed by atoms with Crippen molar-refractivity contribution in [2.75, 3.05) is 11.9 Å². The van der Waals surface area contributed by atoms with Crippen LogP contribution >= 0.6 is 11.6 Å². The zero-order chi connectivity index (χ0) is 15.2. The topological polar surface area (TPSA) is 21.3 Å². The zero-order valence-corrected chi connectivity index (χ0v) is 12.0. The van der Waals surface area contributed by atoms with Gasteiger partial charge in [-0.3, -0.25) is 0 Å². The highest BCUT2D eigenvalue weighted by atomic mass is 35.5. The average molecular weight is 310 g/mol. The molecule has 2 nitrogen and oxygen atoms in total. The van der Waals surface area contributed by atoms with E-state index >= 15 is 0 Å². The first-order valence-electron chi connectivity index (χ1n) is 6.31.